The fraction of sp³-hybridized carbons (Fsp3) is 0.455. The number of ether oxygens (including phenoxy) is 1. The summed E-state index contributed by atoms with van der Waals surface area (Å²) in [6, 6.07) is 11.1. The summed E-state index contributed by atoms with van der Waals surface area (Å²) in [6.07, 6.45) is 3.50. The Hall–Kier alpha value is -2.40. The van der Waals surface area contributed by atoms with Crippen molar-refractivity contribution in [3.05, 3.63) is 53.9 Å². The van der Waals surface area contributed by atoms with Crippen molar-refractivity contribution in [1.82, 2.24) is 15.6 Å². The molecule has 0 unspecified atom stereocenters. The fourth-order valence-electron chi connectivity index (χ4n) is 4.02. The zero-order chi connectivity index (χ0) is 19.7. The number of hydrogen-bond acceptors (Lipinski definition) is 4. The summed E-state index contributed by atoms with van der Waals surface area (Å²) < 4.78 is 5.77. The summed E-state index contributed by atoms with van der Waals surface area (Å²) in [7, 11) is 0. The molecule has 1 aromatic heterocycles. The van der Waals surface area contributed by atoms with Crippen molar-refractivity contribution >= 4 is 5.91 Å². The summed E-state index contributed by atoms with van der Waals surface area (Å²) in [6.45, 7) is 10.7. The van der Waals surface area contributed by atoms with Crippen LogP contribution in [0.5, 0.6) is 11.5 Å². The molecular formula is C22H29N3O2. The molecule has 3 rings (SSSR count). The molecule has 1 amide bonds. The number of aryl methyl sites for hydroxylation is 1. The maximum atomic E-state index is 12.7. The van der Waals surface area contributed by atoms with Crippen LogP contribution in [0.25, 0.3) is 0 Å². The number of nitrogens with zero attached hydrogens (tertiary/aromatic N) is 1. The average molecular weight is 367 g/mol. The van der Waals surface area contributed by atoms with Crippen molar-refractivity contribution in [3.8, 4) is 11.5 Å². The molecule has 1 aliphatic rings. The number of carbonyl (C=O) groups excluding carboxylic acids is 1. The first-order valence-corrected chi connectivity index (χ1v) is 9.43. The molecule has 5 heteroatoms. The number of nitrogens with one attached hydrogen (secondary N) is 2. The van der Waals surface area contributed by atoms with Gasteiger partial charge in [0.25, 0.3) is 5.91 Å². The van der Waals surface area contributed by atoms with Crippen LogP contribution in [-0.2, 0) is 0 Å². The predicted octanol–water partition coefficient (Wildman–Crippen LogP) is 4.22. The van der Waals surface area contributed by atoms with Gasteiger partial charge in [-0.15, -0.1) is 0 Å². The number of pyridine rings is 1. The van der Waals surface area contributed by atoms with Gasteiger partial charge in [0.15, 0.2) is 0 Å². The number of rotatable bonds is 4. The molecule has 1 fully saturated rings. The Morgan fingerprint density at radius 3 is 2.19 bits per heavy atom. The van der Waals surface area contributed by atoms with E-state index in [1.807, 2.05) is 31.2 Å². The Morgan fingerprint density at radius 2 is 1.63 bits per heavy atom. The summed E-state index contributed by atoms with van der Waals surface area (Å²) in [5.74, 6) is 1.32. The van der Waals surface area contributed by atoms with E-state index in [9.17, 15) is 4.79 Å². The van der Waals surface area contributed by atoms with Crippen LogP contribution in [0.3, 0.4) is 0 Å². The van der Waals surface area contributed by atoms with Crippen LogP contribution in [0.15, 0.2) is 42.6 Å². The largest absolute Gasteiger partial charge is 0.456 e. The zero-order valence-corrected chi connectivity index (χ0v) is 16.8. The molecular weight excluding hydrogens is 338 g/mol. The molecule has 0 bridgehead atoms. The quantitative estimate of drug-likeness (QED) is 0.849. The molecule has 0 radical (unpaired) electrons. The Bertz CT molecular complexity index is 779. The summed E-state index contributed by atoms with van der Waals surface area (Å²) in [4.78, 5) is 16.9. The number of hydrogen-bond donors (Lipinski definition) is 2. The second-order valence-electron chi connectivity index (χ2n) is 8.73. The molecule has 0 saturated carbocycles. The molecule has 144 valence electrons. The van der Waals surface area contributed by atoms with E-state index in [1.165, 1.54) is 0 Å². The molecule has 2 heterocycles. The second kappa shape index (κ2) is 7.31. The number of amides is 1. The van der Waals surface area contributed by atoms with Gasteiger partial charge in [-0.3, -0.25) is 9.78 Å². The van der Waals surface area contributed by atoms with Gasteiger partial charge in [0.2, 0.25) is 0 Å². The zero-order valence-electron chi connectivity index (χ0n) is 16.8. The van der Waals surface area contributed by atoms with Gasteiger partial charge < -0.3 is 15.4 Å². The summed E-state index contributed by atoms with van der Waals surface area (Å²) in [5.41, 5.74) is 1.58. The van der Waals surface area contributed by atoms with Crippen LogP contribution < -0.4 is 15.4 Å². The Morgan fingerprint density at radius 1 is 1.04 bits per heavy atom. The molecule has 1 aromatic carbocycles. The standard InChI is InChI=1S/C22H29N3O2/c1-15-6-9-19(14-23-15)27-18-10-7-16(8-11-18)20(26)24-17-12-21(2,3)25-22(4,5)13-17/h6-11,14,17,25H,12-13H2,1-5H3,(H,24,26). The van der Waals surface area contributed by atoms with Gasteiger partial charge in [0.1, 0.15) is 11.5 Å². The van der Waals surface area contributed by atoms with E-state index in [0.717, 1.165) is 18.5 Å². The van der Waals surface area contributed by atoms with E-state index in [1.54, 1.807) is 18.3 Å². The lowest BCUT2D eigenvalue weighted by Gasteiger charge is -2.46. The highest BCUT2D eigenvalue weighted by Gasteiger charge is 2.38. The number of aromatic nitrogens is 1. The van der Waals surface area contributed by atoms with Crippen molar-refractivity contribution in [1.29, 1.82) is 0 Å². The first-order valence-electron chi connectivity index (χ1n) is 9.43. The molecule has 0 atom stereocenters. The van der Waals surface area contributed by atoms with Gasteiger partial charge in [-0.25, -0.2) is 0 Å². The minimum atomic E-state index is -0.0444. The van der Waals surface area contributed by atoms with E-state index >= 15 is 0 Å². The highest BCUT2D eigenvalue weighted by Crippen LogP contribution is 2.29. The van der Waals surface area contributed by atoms with Crippen LogP contribution in [0.2, 0.25) is 0 Å². The van der Waals surface area contributed by atoms with Crippen LogP contribution in [0.1, 0.15) is 56.6 Å². The summed E-state index contributed by atoms with van der Waals surface area (Å²) in [5, 5.41) is 6.83. The van der Waals surface area contributed by atoms with Gasteiger partial charge >= 0.3 is 0 Å². The third kappa shape index (κ3) is 5.30. The van der Waals surface area contributed by atoms with E-state index in [4.69, 9.17) is 4.74 Å². The molecule has 0 spiro atoms. The van der Waals surface area contributed by atoms with Crippen molar-refractivity contribution < 1.29 is 9.53 Å². The van der Waals surface area contributed by atoms with E-state index in [-0.39, 0.29) is 23.0 Å². The minimum absolute atomic E-state index is 0.000528. The average Bonchev–Trinajstić information content (AvgIpc) is 2.54. The second-order valence-corrected chi connectivity index (χ2v) is 8.73. The SMILES string of the molecule is Cc1ccc(Oc2ccc(C(=O)NC3CC(C)(C)NC(C)(C)C3)cc2)cn1. The number of carbonyl (C=O) groups is 1. The molecule has 1 aliphatic heterocycles. The van der Waals surface area contributed by atoms with Gasteiger partial charge in [-0.1, -0.05) is 0 Å². The van der Waals surface area contributed by atoms with Crippen molar-refractivity contribution in [2.45, 2.75) is 64.6 Å². The van der Waals surface area contributed by atoms with E-state index in [2.05, 4.69) is 43.3 Å². The van der Waals surface area contributed by atoms with Gasteiger partial charge in [-0.2, -0.15) is 0 Å². The monoisotopic (exact) mass is 367 g/mol. The molecule has 27 heavy (non-hydrogen) atoms. The highest BCUT2D eigenvalue weighted by molar-refractivity contribution is 5.94. The van der Waals surface area contributed by atoms with E-state index in [0.29, 0.717) is 17.1 Å². The maximum Gasteiger partial charge on any atom is 0.251 e. The van der Waals surface area contributed by atoms with E-state index < -0.39 is 0 Å². The Labute approximate surface area is 161 Å². The lowest BCUT2D eigenvalue weighted by atomic mass is 9.79. The number of piperidine rings is 1. The van der Waals surface area contributed by atoms with Crippen LogP contribution in [0.4, 0.5) is 0 Å². The minimum Gasteiger partial charge on any atom is -0.456 e. The van der Waals surface area contributed by atoms with Gasteiger partial charge in [0.05, 0.1) is 6.20 Å². The third-order valence-electron chi connectivity index (χ3n) is 4.76. The molecule has 0 aliphatic carbocycles. The highest BCUT2D eigenvalue weighted by atomic mass is 16.5. The molecule has 2 aromatic rings. The Balaban J connectivity index is 1.63. The molecule has 1 saturated heterocycles. The topological polar surface area (TPSA) is 63.2 Å². The third-order valence-corrected chi connectivity index (χ3v) is 4.76. The maximum absolute atomic E-state index is 12.7. The normalized spacial score (nSPS) is 18.7. The molecule has 2 N–H and O–H groups in total. The van der Waals surface area contributed by atoms with Crippen LogP contribution in [-0.4, -0.2) is 28.0 Å². The van der Waals surface area contributed by atoms with Gasteiger partial charge in [-0.05, 0) is 83.9 Å². The van der Waals surface area contributed by atoms with Crippen LogP contribution >= 0.6 is 0 Å². The van der Waals surface area contributed by atoms with Gasteiger partial charge in [0, 0.05) is 28.4 Å². The smallest absolute Gasteiger partial charge is 0.251 e. The fourth-order valence-corrected chi connectivity index (χ4v) is 4.02. The number of benzene rings is 1. The van der Waals surface area contributed by atoms with Crippen molar-refractivity contribution in [2.24, 2.45) is 0 Å². The molecule has 5 nitrogen and oxygen atoms in total. The lowest BCUT2D eigenvalue weighted by Crippen LogP contribution is -2.62. The first kappa shape index (κ1) is 19.4. The first-order chi connectivity index (χ1) is 12.6. The summed E-state index contributed by atoms with van der Waals surface area (Å²) >= 11 is 0. The van der Waals surface area contributed by atoms with Crippen molar-refractivity contribution in [2.75, 3.05) is 0 Å². The lowest BCUT2D eigenvalue weighted by molar-refractivity contribution is 0.0873. The van der Waals surface area contributed by atoms with Crippen LogP contribution in [0, 0.1) is 6.92 Å². The van der Waals surface area contributed by atoms with Crippen molar-refractivity contribution in [3.63, 3.8) is 0 Å². The Kier molecular flexibility index (Phi) is 5.24. The predicted molar refractivity (Wildman–Crippen MR) is 107 cm³/mol.